The Balaban J connectivity index is 1.34. The fraction of sp³-hybridized carbons (Fsp3) is 1.00. The molecule has 0 aliphatic carbocycles. The molecule has 1 N–H and O–H groups in total. The third-order valence-electron chi connectivity index (χ3n) is 4.52. The molecule has 104 valence electrons. The second-order valence-corrected chi connectivity index (χ2v) is 5.89. The maximum Gasteiger partial charge on any atom is 0.157 e. The van der Waals surface area contributed by atoms with Crippen LogP contribution in [0.2, 0.25) is 0 Å². The fourth-order valence-electron chi connectivity index (χ4n) is 3.47. The molecule has 0 spiro atoms. The maximum absolute atomic E-state index is 5.81. The van der Waals surface area contributed by atoms with E-state index in [1.807, 2.05) is 0 Å². The highest BCUT2D eigenvalue weighted by Gasteiger charge is 2.33. The number of nitrogens with zero attached hydrogens (tertiary/aromatic N) is 1. The summed E-state index contributed by atoms with van der Waals surface area (Å²) in [4.78, 5) is 2.55. The van der Waals surface area contributed by atoms with Gasteiger partial charge < -0.3 is 14.8 Å². The molecule has 1 unspecified atom stereocenters. The molecule has 0 radical (unpaired) electrons. The van der Waals surface area contributed by atoms with Gasteiger partial charge in [0.2, 0.25) is 0 Å². The quantitative estimate of drug-likeness (QED) is 0.818. The van der Waals surface area contributed by atoms with Gasteiger partial charge in [-0.25, -0.2) is 0 Å². The number of nitrogens with one attached hydrogen (secondary N) is 1. The smallest absolute Gasteiger partial charge is 0.157 e. The third-order valence-corrected chi connectivity index (χ3v) is 4.52. The number of hydrogen-bond acceptors (Lipinski definition) is 4. The van der Waals surface area contributed by atoms with Gasteiger partial charge in [-0.2, -0.15) is 0 Å². The number of fused-ring (bicyclic) bond motifs is 1. The summed E-state index contributed by atoms with van der Waals surface area (Å²) in [6, 6.07) is 0.740. The van der Waals surface area contributed by atoms with Crippen LogP contribution in [0.1, 0.15) is 32.1 Å². The Kier molecular flexibility index (Phi) is 4.52. The molecule has 0 amide bonds. The van der Waals surface area contributed by atoms with Crippen LogP contribution in [-0.4, -0.2) is 56.6 Å². The summed E-state index contributed by atoms with van der Waals surface area (Å²) in [5.74, 6) is 0.879. The van der Waals surface area contributed by atoms with Crippen LogP contribution in [0.25, 0.3) is 0 Å². The van der Waals surface area contributed by atoms with Crippen molar-refractivity contribution in [3.05, 3.63) is 0 Å². The van der Waals surface area contributed by atoms with Crippen molar-refractivity contribution in [2.75, 3.05) is 39.4 Å². The average Bonchev–Trinajstić information content (AvgIpc) is 2.82. The van der Waals surface area contributed by atoms with Gasteiger partial charge >= 0.3 is 0 Å². The van der Waals surface area contributed by atoms with Gasteiger partial charge in [-0.1, -0.05) is 0 Å². The summed E-state index contributed by atoms with van der Waals surface area (Å²) < 4.78 is 11.4. The summed E-state index contributed by atoms with van der Waals surface area (Å²) in [6.45, 7) is 6.44. The van der Waals surface area contributed by atoms with Gasteiger partial charge in [0.15, 0.2) is 6.29 Å². The zero-order chi connectivity index (χ0) is 12.2. The zero-order valence-electron chi connectivity index (χ0n) is 11.3. The van der Waals surface area contributed by atoms with Crippen LogP contribution in [0.5, 0.6) is 0 Å². The van der Waals surface area contributed by atoms with E-state index in [2.05, 4.69) is 10.2 Å². The van der Waals surface area contributed by atoms with E-state index in [9.17, 15) is 0 Å². The predicted octanol–water partition coefficient (Wildman–Crippen LogP) is 1.21. The molecule has 3 fully saturated rings. The molecule has 3 saturated heterocycles. The van der Waals surface area contributed by atoms with Crippen molar-refractivity contribution in [1.29, 1.82) is 0 Å². The minimum absolute atomic E-state index is 0.0711. The van der Waals surface area contributed by atoms with E-state index < -0.39 is 0 Å². The molecule has 3 heterocycles. The van der Waals surface area contributed by atoms with Crippen molar-refractivity contribution in [2.45, 2.75) is 44.4 Å². The number of likely N-dealkylation sites (tertiary alicyclic amines) is 1. The van der Waals surface area contributed by atoms with Gasteiger partial charge in [0.1, 0.15) is 0 Å². The van der Waals surface area contributed by atoms with Crippen molar-refractivity contribution >= 4 is 0 Å². The molecule has 3 atom stereocenters. The minimum atomic E-state index is 0.0711. The fourth-order valence-corrected chi connectivity index (χ4v) is 3.47. The molecular weight excluding hydrogens is 228 g/mol. The van der Waals surface area contributed by atoms with E-state index in [4.69, 9.17) is 9.47 Å². The van der Waals surface area contributed by atoms with Crippen LogP contribution in [-0.2, 0) is 9.47 Å². The lowest BCUT2D eigenvalue weighted by molar-refractivity contribution is -0.163. The molecular formula is C14H26N2O2. The Bertz CT molecular complexity index is 242. The minimum Gasteiger partial charge on any atom is -0.353 e. The Hall–Kier alpha value is -0.160. The van der Waals surface area contributed by atoms with Gasteiger partial charge in [0.05, 0.1) is 6.61 Å². The van der Waals surface area contributed by atoms with E-state index in [1.54, 1.807) is 0 Å². The van der Waals surface area contributed by atoms with Crippen LogP contribution in [0, 0.1) is 5.92 Å². The van der Waals surface area contributed by atoms with E-state index >= 15 is 0 Å². The predicted molar refractivity (Wildman–Crippen MR) is 70.5 cm³/mol. The largest absolute Gasteiger partial charge is 0.353 e. The first-order valence-corrected chi connectivity index (χ1v) is 7.61. The molecule has 0 aromatic rings. The average molecular weight is 254 g/mol. The zero-order valence-corrected chi connectivity index (χ0v) is 11.3. The Morgan fingerprint density at radius 2 is 2.17 bits per heavy atom. The van der Waals surface area contributed by atoms with Gasteiger partial charge in [-0.3, -0.25) is 4.90 Å². The molecule has 4 nitrogen and oxygen atoms in total. The molecule has 3 aliphatic heterocycles. The van der Waals surface area contributed by atoms with Crippen LogP contribution >= 0.6 is 0 Å². The van der Waals surface area contributed by atoms with E-state index in [0.29, 0.717) is 0 Å². The summed E-state index contributed by atoms with van der Waals surface area (Å²) in [7, 11) is 0. The summed E-state index contributed by atoms with van der Waals surface area (Å²) in [5.41, 5.74) is 0. The standard InChI is InChI=1S/C14H26N2O2/c1-2-8-17-14(5-1)18-9-7-16-10-12-4-3-6-15-13(12)11-16/h12-15H,1-11H2/t12-,13+,14?/m0/s1. The molecule has 3 aliphatic rings. The highest BCUT2D eigenvalue weighted by molar-refractivity contribution is 4.91. The van der Waals surface area contributed by atoms with Crippen molar-refractivity contribution < 1.29 is 9.47 Å². The molecule has 4 heteroatoms. The summed E-state index contributed by atoms with van der Waals surface area (Å²) in [6.07, 6.45) is 6.35. The molecule has 0 saturated carbocycles. The van der Waals surface area contributed by atoms with Crippen LogP contribution in [0.3, 0.4) is 0 Å². The van der Waals surface area contributed by atoms with Crippen molar-refractivity contribution in [1.82, 2.24) is 10.2 Å². The van der Waals surface area contributed by atoms with Gasteiger partial charge in [-0.15, -0.1) is 0 Å². The second-order valence-electron chi connectivity index (χ2n) is 5.89. The molecule has 18 heavy (non-hydrogen) atoms. The third kappa shape index (κ3) is 3.23. The van der Waals surface area contributed by atoms with E-state index in [0.717, 1.165) is 38.1 Å². The lowest BCUT2D eigenvalue weighted by atomic mass is 9.94. The normalized spacial score (nSPS) is 37.7. The monoisotopic (exact) mass is 254 g/mol. The Morgan fingerprint density at radius 3 is 3.00 bits per heavy atom. The summed E-state index contributed by atoms with van der Waals surface area (Å²) >= 11 is 0. The van der Waals surface area contributed by atoms with Gasteiger partial charge in [0, 0.05) is 32.3 Å². The van der Waals surface area contributed by atoms with Crippen molar-refractivity contribution in [2.24, 2.45) is 5.92 Å². The van der Waals surface area contributed by atoms with Crippen molar-refractivity contribution in [3.63, 3.8) is 0 Å². The Morgan fingerprint density at radius 1 is 1.17 bits per heavy atom. The van der Waals surface area contributed by atoms with Crippen molar-refractivity contribution in [3.8, 4) is 0 Å². The number of piperidine rings is 1. The highest BCUT2D eigenvalue weighted by Crippen LogP contribution is 2.24. The first-order chi connectivity index (χ1) is 8.92. The van der Waals surface area contributed by atoms with Gasteiger partial charge in [-0.05, 0) is 44.6 Å². The topological polar surface area (TPSA) is 33.7 Å². The molecule has 0 aromatic heterocycles. The first-order valence-electron chi connectivity index (χ1n) is 7.61. The first kappa shape index (κ1) is 12.9. The summed E-state index contributed by atoms with van der Waals surface area (Å²) in [5, 5.41) is 3.64. The van der Waals surface area contributed by atoms with E-state index in [-0.39, 0.29) is 6.29 Å². The second kappa shape index (κ2) is 6.33. The molecule has 0 aromatic carbocycles. The maximum atomic E-state index is 5.81. The lowest BCUT2D eigenvalue weighted by Gasteiger charge is -2.24. The van der Waals surface area contributed by atoms with Crippen LogP contribution in [0.4, 0.5) is 0 Å². The number of hydrogen-bond donors (Lipinski definition) is 1. The van der Waals surface area contributed by atoms with Crippen LogP contribution in [0.15, 0.2) is 0 Å². The highest BCUT2D eigenvalue weighted by atomic mass is 16.7. The molecule has 0 bridgehead atoms. The van der Waals surface area contributed by atoms with Gasteiger partial charge in [0.25, 0.3) is 0 Å². The Labute approximate surface area is 110 Å². The molecule has 3 rings (SSSR count). The SMILES string of the molecule is C1CCC(OCCN2C[C@@H]3CCCN[C@@H]3C2)OC1. The number of rotatable bonds is 4. The van der Waals surface area contributed by atoms with E-state index in [1.165, 1.54) is 45.3 Å². The number of ether oxygens (including phenoxy) is 2. The lowest BCUT2D eigenvalue weighted by Crippen LogP contribution is -2.40. The van der Waals surface area contributed by atoms with Crippen LogP contribution < -0.4 is 5.32 Å².